The summed E-state index contributed by atoms with van der Waals surface area (Å²) in [7, 11) is 0. The molecule has 1 aliphatic heterocycles. The lowest BCUT2D eigenvalue weighted by Gasteiger charge is -2.14. The first-order chi connectivity index (χ1) is 7.35. The van der Waals surface area contributed by atoms with E-state index in [9.17, 15) is 0 Å². The van der Waals surface area contributed by atoms with Crippen molar-refractivity contribution < 1.29 is 4.52 Å². The zero-order valence-electron chi connectivity index (χ0n) is 9.36. The number of rotatable bonds is 4. The zero-order valence-corrected chi connectivity index (χ0v) is 9.36. The maximum absolute atomic E-state index is 5.27. The summed E-state index contributed by atoms with van der Waals surface area (Å²) >= 11 is 0. The van der Waals surface area contributed by atoms with Gasteiger partial charge in [-0.25, -0.2) is 0 Å². The maximum atomic E-state index is 5.27. The molecule has 0 bridgehead atoms. The van der Waals surface area contributed by atoms with E-state index in [1.54, 1.807) is 0 Å². The van der Waals surface area contributed by atoms with Crippen molar-refractivity contribution in [3.05, 3.63) is 5.89 Å². The van der Waals surface area contributed by atoms with Gasteiger partial charge in [-0.1, -0.05) is 0 Å². The highest BCUT2D eigenvalue weighted by atomic mass is 16.5. The first-order valence-corrected chi connectivity index (χ1v) is 5.67. The molecule has 1 saturated heterocycles. The predicted molar refractivity (Wildman–Crippen MR) is 57.8 cm³/mol. The molecular formula is C10H18N4O. The van der Waals surface area contributed by atoms with Gasteiger partial charge in [-0.2, -0.15) is 4.98 Å². The Bertz CT molecular complexity index is 286. The van der Waals surface area contributed by atoms with Crippen LogP contribution in [0.15, 0.2) is 4.52 Å². The standard InChI is InChI=1S/C10H18N4O/c1-3-14(4-2)10-12-9(15-13-10)8-6-5-7-11-8/h8,11H,3-7H2,1-2H3/t8-/m1/s1. The highest BCUT2D eigenvalue weighted by Gasteiger charge is 2.23. The Balaban J connectivity index is 2.08. The van der Waals surface area contributed by atoms with Gasteiger partial charge in [0.05, 0.1) is 6.04 Å². The van der Waals surface area contributed by atoms with Gasteiger partial charge in [-0.3, -0.25) is 0 Å². The van der Waals surface area contributed by atoms with Crippen LogP contribution in [-0.2, 0) is 0 Å². The van der Waals surface area contributed by atoms with Crippen LogP contribution in [0.2, 0.25) is 0 Å². The van der Waals surface area contributed by atoms with Crippen LogP contribution in [0.1, 0.15) is 38.6 Å². The first kappa shape index (κ1) is 10.4. The molecule has 1 aliphatic rings. The second kappa shape index (κ2) is 4.61. The lowest BCUT2D eigenvalue weighted by Crippen LogP contribution is -2.23. The highest BCUT2D eigenvalue weighted by Crippen LogP contribution is 2.22. The van der Waals surface area contributed by atoms with Crippen LogP contribution in [0.4, 0.5) is 5.95 Å². The lowest BCUT2D eigenvalue weighted by molar-refractivity contribution is 0.344. The highest BCUT2D eigenvalue weighted by molar-refractivity contribution is 5.27. The number of nitrogens with one attached hydrogen (secondary N) is 1. The fourth-order valence-electron chi connectivity index (χ4n) is 1.90. The van der Waals surface area contributed by atoms with Gasteiger partial charge in [0.1, 0.15) is 0 Å². The molecule has 5 nitrogen and oxygen atoms in total. The molecule has 0 spiro atoms. The molecule has 0 radical (unpaired) electrons. The summed E-state index contributed by atoms with van der Waals surface area (Å²) in [5.41, 5.74) is 0. The monoisotopic (exact) mass is 210 g/mol. The van der Waals surface area contributed by atoms with Crippen LogP contribution in [0.25, 0.3) is 0 Å². The third-order valence-corrected chi connectivity index (χ3v) is 2.84. The minimum Gasteiger partial charge on any atom is -0.339 e. The molecule has 1 aromatic rings. The summed E-state index contributed by atoms with van der Waals surface area (Å²) < 4.78 is 5.27. The van der Waals surface area contributed by atoms with Gasteiger partial charge >= 0.3 is 0 Å². The van der Waals surface area contributed by atoms with E-state index in [2.05, 4.69) is 34.2 Å². The van der Waals surface area contributed by atoms with Crippen molar-refractivity contribution in [1.82, 2.24) is 15.5 Å². The van der Waals surface area contributed by atoms with E-state index in [1.165, 1.54) is 6.42 Å². The Morgan fingerprint density at radius 3 is 2.87 bits per heavy atom. The maximum Gasteiger partial charge on any atom is 0.266 e. The molecule has 1 fully saturated rings. The van der Waals surface area contributed by atoms with Gasteiger partial charge in [-0.05, 0) is 38.4 Å². The number of nitrogens with zero attached hydrogens (tertiary/aromatic N) is 3. The molecule has 0 amide bonds. The molecular weight excluding hydrogens is 192 g/mol. The van der Waals surface area contributed by atoms with E-state index in [0.717, 1.165) is 31.9 Å². The Morgan fingerprint density at radius 2 is 2.27 bits per heavy atom. The molecule has 15 heavy (non-hydrogen) atoms. The van der Waals surface area contributed by atoms with Crippen molar-refractivity contribution in [2.24, 2.45) is 0 Å². The summed E-state index contributed by atoms with van der Waals surface area (Å²) in [6.45, 7) is 7.05. The summed E-state index contributed by atoms with van der Waals surface area (Å²) in [6, 6.07) is 0.266. The van der Waals surface area contributed by atoms with Gasteiger partial charge in [-0.15, -0.1) is 0 Å². The Morgan fingerprint density at radius 1 is 1.47 bits per heavy atom. The number of hydrogen-bond donors (Lipinski definition) is 1. The fourth-order valence-corrected chi connectivity index (χ4v) is 1.90. The van der Waals surface area contributed by atoms with Gasteiger partial charge in [0, 0.05) is 13.1 Å². The minimum absolute atomic E-state index is 0.266. The molecule has 1 N–H and O–H groups in total. The SMILES string of the molecule is CCN(CC)c1noc([C@H]2CCCN2)n1. The summed E-state index contributed by atoms with van der Waals surface area (Å²) in [5.74, 6) is 1.44. The van der Waals surface area contributed by atoms with Crippen LogP contribution in [0, 0.1) is 0 Å². The number of anilines is 1. The van der Waals surface area contributed by atoms with E-state index in [-0.39, 0.29) is 6.04 Å². The Labute approximate surface area is 89.8 Å². The normalized spacial score (nSPS) is 20.8. The van der Waals surface area contributed by atoms with Crippen molar-refractivity contribution >= 4 is 5.95 Å². The van der Waals surface area contributed by atoms with E-state index in [4.69, 9.17) is 4.52 Å². The van der Waals surface area contributed by atoms with Gasteiger partial charge in [0.2, 0.25) is 5.89 Å². The number of aromatic nitrogens is 2. The largest absolute Gasteiger partial charge is 0.339 e. The van der Waals surface area contributed by atoms with Crippen LogP contribution in [-0.4, -0.2) is 29.8 Å². The third kappa shape index (κ3) is 2.12. The third-order valence-electron chi connectivity index (χ3n) is 2.84. The second-order valence-electron chi connectivity index (χ2n) is 3.75. The van der Waals surface area contributed by atoms with E-state index in [1.807, 2.05) is 0 Å². The molecule has 0 aromatic carbocycles. The fraction of sp³-hybridized carbons (Fsp3) is 0.800. The topological polar surface area (TPSA) is 54.2 Å². The zero-order chi connectivity index (χ0) is 10.7. The smallest absolute Gasteiger partial charge is 0.266 e. The quantitative estimate of drug-likeness (QED) is 0.812. The molecule has 2 rings (SSSR count). The molecule has 0 unspecified atom stereocenters. The van der Waals surface area contributed by atoms with Crippen LogP contribution >= 0.6 is 0 Å². The average Bonchev–Trinajstić information content (AvgIpc) is 2.89. The minimum atomic E-state index is 0.266. The summed E-state index contributed by atoms with van der Waals surface area (Å²) in [5, 5.41) is 7.35. The van der Waals surface area contributed by atoms with Gasteiger partial charge in [0.15, 0.2) is 0 Å². The summed E-state index contributed by atoms with van der Waals surface area (Å²) in [4.78, 5) is 6.51. The Hall–Kier alpha value is -1.10. The average molecular weight is 210 g/mol. The predicted octanol–water partition coefficient (Wildman–Crippen LogP) is 1.34. The van der Waals surface area contributed by atoms with Crippen molar-refractivity contribution in [1.29, 1.82) is 0 Å². The molecule has 1 atom stereocenters. The van der Waals surface area contributed by atoms with Crippen LogP contribution in [0.5, 0.6) is 0 Å². The van der Waals surface area contributed by atoms with Crippen molar-refractivity contribution in [2.75, 3.05) is 24.5 Å². The van der Waals surface area contributed by atoms with Crippen molar-refractivity contribution in [2.45, 2.75) is 32.7 Å². The second-order valence-corrected chi connectivity index (χ2v) is 3.75. The molecule has 5 heteroatoms. The molecule has 2 heterocycles. The van der Waals surface area contributed by atoms with E-state index in [0.29, 0.717) is 5.95 Å². The Kier molecular flexibility index (Phi) is 3.20. The lowest BCUT2D eigenvalue weighted by atomic mass is 10.2. The summed E-state index contributed by atoms with van der Waals surface area (Å²) in [6.07, 6.45) is 2.29. The van der Waals surface area contributed by atoms with E-state index < -0.39 is 0 Å². The van der Waals surface area contributed by atoms with Crippen LogP contribution < -0.4 is 10.2 Å². The van der Waals surface area contributed by atoms with Crippen molar-refractivity contribution in [3.8, 4) is 0 Å². The van der Waals surface area contributed by atoms with Crippen LogP contribution in [0.3, 0.4) is 0 Å². The van der Waals surface area contributed by atoms with Crippen molar-refractivity contribution in [3.63, 3.8) is 0 Å². The molecule has 84 valence electrons. The molecule has 1 aromatic heterocycles. The van der Waals surface area contributed by atoms with E-state index >= 15 is 0 Å². The molecule has 0 saturated carbocycles. The van der Waals surface area contributed by atoms with Gasteiger partial charge in [0.25, 0.3) is 5.95 Å². The molecule has 0 aliphatic carbocycles. The van der Waals surface area contributed by atoms with Gasteiger partial charge < -0.3 is 14.7 Å². The first-order valence-electron chi connectivity index (χ1n) is 5.67. The number of hydrogen-bond acceptors (Lipinski definition) is 5.